The summed E-state index contributed by atoms with van der Waals surface area (Å²) >= 11 is 0. The number of hydrogen-bond acceptors (Lipinski definition) is 6. The Morgan fingerprint density at radius 1 is 0.895 bits per heavy atom. The molecule has 0 aromatic rings. The molecule has 7 nitrogen and oxygen atoms in total. The van der Waals surface area contributed by atoms with Crippen molar-refractivity contribution in [2.24, 2.45) is 0 Å². The standard InChI is InChI=1S/C12H18O7/c1-11(2)16-5-6(17-11)8-10(15-7(5)9(13)14)19-12(3,4)18-8/h5-8,10H,1-4H3,(H,13,14)/t5-,6-,7-,8-,10+/m1/s1. The largest absolute Gasteiger partial charge is 0.479 e. The highest BCUT2D eigenvalue weighted by Crippen LogP contribution is 2.43. The van der Waals surface area contributed by atoms with Gasteiger partial charge in [-0.3, -0.25) is 0 Å². The van der Waals surface area contributed by atoms with Crippen molar-refractivity contribution in [3.05, 3.63) is 0 Å². The molecule has 0 radical (unpaired) electrons. The van der Waals surface area contributed by atoms with Crippen molar-refractivity contribution in [1.82, 2.24) is 0 Å². The molecule has 3 aliphatic rings. The Bertz CT molecular complexity index is 405. The molecule has 5 atom stereocenters. The van der Waals surface area contributed by atoms with E-state index < -0.39 is 48.2 Å². The molecule has 0 aromatic carbocycles. The first-order valence-corrected chi connectivity index (χ1v) is 6.28. The Kier molecular flexibility index (Phi) is 2.72. The number of ether oxygens (including phenoxy) is 5. The second-order valence-electron chi connectivity index (χ2n) is 5.93. The summed E-state index contributed by atoms with van der Waals surface area (Å²) in [5, 5.41) is 9.25. The molecule has 3 aliphatic heterocycles. The molecule has 0 amide bonds. The van der Waals surface area contributed by atoms with Crippen LogP contribution < -0.4 is 0 Å². The molecule has 3 saturated heterocycles. The summed E-state index contributed by atoms with van der Waals surface area (Å²) in [6, 6.07) is 0. The number of rotatable bonds is 1. The van der Waals surface area contributed by atoms with Crippen LogP contribution >= 0.6 is 0 Å². The van der Waals surface area contributed by atoms with E-state index in [1.165, 1.54) is 0 Å². The molecule has 0 aliphatic carbocycles. The molecule has 19 heavy (non-hydrogen) atoms. The average Bonchev–Trinajstić information content (AvgIpc) is 2.70. The zero-order valence-electron chi connectivity index (χ0n) is 11.3. The van der Waals surface area contributed by atoms with Crippen LogP contribution in [-0.2, 0) is 28.5 Å². The van der Waals surface area contributed by atoms with Gasteiger partial charge in [0.25, 0.3) is 0 Å². The van der Waals surface area contributed by atoms with Gasteiger partial charge in [0.2, 0.25) is 0 Å². The molecule has 108 valence electrons. The van der Waals surface area contributed by atoms with E-state index in [-0.39, 0.29) is 0 Å². The molecule has 3 rings (SSSR count). The minimum atomic E-state index is -1.12. The minimum absolute atomic E-state index is 0.489. The maximum Gasteiger partial charge on any atom is 0.335 e. The molecule has 3 fully saturated rings. The van der Waals surface area contributed by atoms with E-state index in [9.17, 15) is 9.90 Å². The lowest BCUT2D eigenvalue weighted by molar-refractivity contribution is -0.237. The summed E-state index contributed by atoms with van der Waals surface area (Å²) in [7, 11) is 0. The van der Waals surface area contributed by atoms with Gasteiger partial charge in [-0.05, 0) is 27.7 Å². The fourth-order valence-electron chi connectivity index (χ4n) is 2.81. The highest BCUT2D eigenvalue weighted by atomic mass is 16.9. The fraction of sp³-hybridized carbons (Fsp3) is 0.917. The summed E-state index contributed by atoms with van der Waals surface area (Å²) in [6.45, 7) is 6.97. The Morgan fingerprint density at radius 3 is 2.05 bits per heavy atom. The van der Waals surface area contributed by atoms with E-state index in [0.29, 0.717) is 0 Å². The van der Waals surface area contributed by atoms with Crippen LogP contribution in [0.2, 0.25) is 0 Å². The van der Waals surface area contributed by atoms with Crippen molar-refractivity contribution >= 4 is 5.97 Å². The number of carboxylic acid groups (broad SMARTS) is 1. The number of fused-ring (bicyclic) bond motifs is 3. The number of aliphatic carboxylic acids is 1. The van der Waals surface area contributed by atoms with Crippen molar-refractivity contribution in [3.8, 4) is 0 Å². The lowest BCUT2D eigenvalue weighted by Crippen LogP contribution is -2.57. The average molecular weight is 274 g/mol. The number of hydrogen-bond donors (Lipinski definition) is 1. The molecule has 0 saturated carbocycles. The van der Waals surface area contributed by atoms with Crippen molar-refractivity contribution in [2.45, 2.75) is 70.0 Å². The van der Waals surface area contributed by atoms with Crippen LogP contribution in [0.3, 0.4) is 0 Å². The summed E-state index contributed by atoms with van der Waals surface area (Å²) < 4.78 is 28.2. The predicted molar refractivity (Wildman–Crippen MR) is 60.2 cm³/mol. The van der Waals surface area contributed by atoms with E-state index >= 15 is 0 Å². The Balaban J connectivity index is 1.91. The smallest absolute Gasteiger partial charge is 0.335 e. The van der Waals surface area contributed by atoms with Gasteiger partial charge in [-0.25, -0.2) is 4.79 Å². The van der Waals surface area contributed by atoms with E-state index in [2.05, 4.69) is 0 Å². The summed E-state index contributed by atoms with van der Waals surface area (Å²) in [5.74, 6) is -2.79. The number of carbonyl (C=O) groups is 1. The van der Waals surface area contributed by atoms with Gasteiger partial charge in [-0.1, -0.05) is 0 Å². The van der Waals surface area contributed by atoms with E-state index in [1.54, 1.807) is 27.7 Å². The summed E-state index contributed by atoms with van der Waals surface area (Å²) in [5.41, 5.74) is 0. The van der Waals surface area contributed by atoms with Crippen LogP contribution in [-0.4, -0.2) is 53.4 Å². The first kappa shape index (κ1) is 13.3. The lowest BCUT2D eigenvalue weighted by Gasteiger charge is -2.35. The van der Waals surface area contributed by atoms with Crippen LogP contribution in [0, 0.1) is 0 Å². The highest BCUT2D eigenvalue weighted by molar-refractivity contribution is 5.73. The van der Waals surface area contributed by atoms with E-state index in [1.807, 2.05) is 0 Å². The van der Waals surface area contributed by atoms with Crippen molar-refractivity contribution in [1.29, 1.82) is 0 Å². The van der Waals surface area contributed by atoms with Gasteiger partial charge >= 0.3 is 5.97 Å². The molecule has 0 spiro atoms. The van der Waals surface area contributed by atoms with E-state index in [0.717, 1.165) is 0 Å². The van der Waals surface area contributed by atoms with Gasteiger partial charge in [-0.15, -0.1) is 0 Å². The van der Waals surface area contributed by atoms with Crippen molar-refractivity contribution < 1.29 is 33.6 Å². The molecular formula is C12H18O7. The monoisotopic (exact) mass is 274 g/mol. The third-order valence-electron chi connectivity index (χ3n) is 3.40. The molecule has 0 unspecified atom stereocenters. The topological polar surface area (TPSA) is 83.5 Å². The van der Waals surface area contributed by atoms with Crippen LogP contribution in [0.1, 0.15) is 27.7 Å². The van der Waals surface area contributed by atoms with Gasteiger partial charge < -0.3 is 28.8 Å². The third kappa shape index (κ3) is 2.15. The molecule has 7 heteroatoms. The van der Waals surface area contributed by atoms with E-state index in [4.69, 9.17) is 23.7 Å². The van der Waals surface area contributed by atoms with Crippen LogP contribution in [0.15, 0.2) is 0 Å². The molecular weight excluding hydrogens is 256 g/mol. The number of carboxylic acids is 1. The normalized spacial score (nSPS) is 46.6. The molecule has 0 bridgehead atoms. The zero-order chi connectivity index (χ0) is 14.0. The van der Waals surface area contributed by atoms with Crippen LogP contribution in [0.4, 0.5) is 0 Å². The highest BCUT2D eigenvalue weighted by Gasteiger charge is 2.62. The Morgan fingerprint density at radius 2 is 1.42 bits per heavy atom. The first-order chi connectivity index (χ1) is 8.69. The Labute approximate surface area is 110 Å². The predicted octanol–water partition coefficient (Wildman–Crippen LogP) is 0.467. The zero-order valence-corrected chi connectivity index (χ0v) is 11.3. The summed E-state index contributed by atoms with van der Waals surface area (Å²) in [6.07, 6.45) is -3.58. The SMILES string of the molecule is CC1(C)O[C@@H]2[C@@H](O1)[C@H](C(=O)O)O[C@H]1OC(C)(C)O[C@@H]12. The maximum absolute atomic E-state index is 11.3. The second-order valence-corrected chi connectivity index (χ2v) is 5.93. The minimum Gasteiger partial charge on any atom is -0.479 e. The molecule has 3 heterocycles. The molecule has 1 N–H and O–H groups in total. The Hall–Kier alpha value is -0.730. The molecule has 0 aromatic heterocycles. The quantitative estimate of drug-likeness (QED) is 0.744. The van der Waals surface area contributed by atoms with Crippen LogP contribution in [0.5, 0.6) is 0 Å². The third-order valence-corrected chi connectivity index (χ3v) is 3.40. The van der Waals surface area contributed by atoms with Crippen molar-refractivity contribution in [3.63, 3.8) is 0 Å². The van der Waals surface area contributed by atoms with Crippen molar-refractivity contribution in [2.75, 3.05) is 0 Å². The van der Waals surface area contributed by atoms with Gasteiger partial charge in [0.05, 0.1) is 0 Å². The lowest BCUT2D eigenvalue weighted by atomic mass is 9.99. The second kappa shape index (κ2) is 3.89. The first-order valence-electron chi connectivity index (χ1n) is 6.28. The van der Waals surface area contributed by atoms with Gasteiger partial charge in [-0.2, -0.15) is 0 Å². The van der Waals surface area contributed by atoms with Gasteiger partial charge in [0, 0.05) is 0 Å². The fourth-order valence-corrected chi connectivity index (χ4v) is 2.81. The van der Waals surface area contributed by atoms with Gasteiger partial charge in [0.15, 0.2) is 24.0 Å². The summed E-state index contributed by atoms with van der Waals surface area (Å²) in [4.78, 5) is 11.3. The van der Waals surface area contributed by atoms with Gasteiger partial charge in [0.1, 0.15) is 18.3 Å². The maximum atomic E-state index is 11.3. The van der Waals surface area contributed by atoms with Crippen LogP contribution in [0.25, 0.3) is 0 Å².